The maximum absolute atomic E-state index is 12.1. The van der Waals surface area contributed by atoms with E-state index >= 15 is 0 Å². The van der Waals surface area contributed by atoms with Crippen LogP contribution < -0.4 is 5.32 Å². The molecular weight excluding hydrogens is 420 g/mol. The van der Waals surface area contributed by atoms with E-state index in [4.69, 9.17) is 0 Å². The van der Waals surface area contributed by atoms with Crippen molar-refractivity contribution >= 4 is 50.6 Å². The van der Waals surface area contributed by atoms with E-state index < -0.39 is 0 Å². The fourth-order valence-corrected chi connectivity index (χ4v) is 4.09. The van der Waals surface area contributed by atoms with Gasteiger partial charge in [-0.3, -0.25) is 4.79 Å². The molecule has 0 fully saturated rings. The number of aromatic nitrogens is 3. The maximum atomic E-state index is 12.1. The molecule has 0 radical (unpaired) electrons. The number of amides is 1. The minimum absolute atomic E-state index is 0.0576. The zero-order valence-corrected chi connectivity index (χ0v) is 16.8. The molecule has 3 rings (SSSR count). The number of thiophene rings is 1. The first-order valence-electron chi connectivity index (χ1n) is 7.78. The molecule has 1 N–H and O–H groups in total. The van der Waals surface area contributed by atoms with E-state index in [1.807, 2.05) is 30.3 Å². The number of hydrogen-bond donors (Lipinski definition) is 1. The van der Waals surface area contributed by atoms with E-state index in [0.29, 0.717) is 5.75 Å². The lowest BCUT2D eigenvalue weighted by atomic mass is 10.3. The Morgan fingerprint density at radius 2 is 2.08 bits per heavy atom. The molecular formula is C17H17BrN4OS2. The molecule has 0 aliphatic rings. The number of rotatable bonds is 7. The standard InChI is InChI=1S/C17H17BrN4OS2/c1-2-22-15(10-14-4-3-9-24-14)20-21-17(22)25-11-16(23)19-13-7-5-12(18)6-8-13/h3-9H,2,10-11H2,1H3,(H,19,23). The summed E-state index contributed by atoms with van der Waals surface area (Å²) in [5, 5.41) is 14.3. The second-order valence-electron chi connectivity index (χ2n) is 5.24. The van der Waals surface area contributed by atoms with E-state index in [1.54, 1.807) is 11.3 Å². The van der Waals surface area contributed by atoms with Gasteiger partial charge in [-0.2, -0.15) is 0 Å². The summed E-state index contributed by atoms with van der Waals surface area (Å²) in [7, 11) is 0. The Bertz CT molecular complexity index is 831. The van der Waals surface area contributed by atoms with Crippen molar-refractivity contribution in [3.05, 3.63) is 57.0 Å². The average molecular weight is 437 g/mol. The third-order valence-electron chi connectivity index (χ3n) is 3.48. The van der Waals surface area contributed by atoms with Gasteiger partial charge < -0.3 is 9.88 Å². The summed E-state index contributed by atoms with van der Waals surface area (Å²) >= 11 is 6.50. The van der Waals surface area contributed by atoms with Gasteiger partial charge in [0.15, 0.2) is 5.16 Å². The summed E-state index contributed by atoms with van der Waals surface area (Å²) in [5.41, 5.74) is 0.782. The van der Waals surface area contributed by atoms with Crippen LogP contribution in [0.25, 0.3) is 0 Å². The van der Waals surface area contributed by atoms with Gasteiger partial charge in [0, 0.05) is 28.0 Å². The minimum Gasteiger partial charge on any atom is -0.325 e. The molecule has 0 aliphatic carbocycles. The highest BCUT2D eigenvalue weighted by Crippen LogP contribution is 2.21. The van der Waals surface area contributed by atoms with Gasteiger partial charge in [-0.05, 0) is 42.6 Å². The third kappa shape index (κ3) is 4.93. The number of hydrogen-bond acceptors (Lipinski definition) is 5. The molecule has 0 saturated carbocycles. The number of thioether (sulfide) groups is 1. The molecule has 0 bridgehead atoms. The molecule has 1 amide bonds. The lowest BCUT2D eigenvalue weighted by Gasteiger charge is -2.07. The van der Waals surface area contributed by atoms with Crippen LogP contribution >= 0.6 is 39.0 Å². The molecule has 0 unspecified atom stereocenters. The first-order valence-corrected chi connectivity index (χ1v) is 10.4. The summed E-state index contributed by atoms with van der Waals surface area (Å²) in [4.78, 5) is 13.4. The van der Waals surface area contributed by atoms with Crippen molar-refractivity contribution in [3.63, 3.8) is 0 Å². The zero-order valence-electron chi connectivity index (χ0n) is 13.6. The maximum Gasteiger partial charge on any atom is 0.234 e. The van der Waals surface area contributed by atoms with E-state index in [9.17, 15) is 4.79 Å². The molecule has 0 spiro atoms. The Kier molecular flexibility index (Phi) is 6.28. The van der Waals surface area contributed by atoms with Crippen LogP contribution in [-0.2, 0) is 17.8 Å². The Labute approximate surface area is 163 Å². The van der Waals surface area contributed by atoms with E-state index in [-0.39, 0.29) is 5.91 Å². The van der Waals surface area contributed by atoms with Gasteiger partial charge in [0.25, 0.3) is 0 Å². The quantitative estimate of drug-likeness (QED) is 0.555. The Morgan fingerprint density at radius 3 is 2.76 bits per heavy atom. The largest absolute Gasteiger partial charge is 0.325 e. The van der Waals surface area contributed by atoms with E-state index in [0.717, 1.165) is 34.1 Å². The molecule has 5 nitrogen and oxygen atoms in total. The fourth-order valence-electron chi connectivity index (χ4n) is 2.30. The summed E-state index contributed by atoms with van der Waals surface area (Å²) in [5.74, 6) is 1.17. The van der Waals surface area contributed by atoms with Gasteiger partial charge in [0.05, 0.1) is 5.75 Å². The lowest BCUT2D eigenvalue weighted by molar-refractivity contribution is -0.113. The van der Waals surface area contributed by atoms with Crippen LogP contribution in [0.1, 0.15) is 17.6 Å². The first kappa shape index (κ1) is 18.2. The molecule has 2 aromatic heterocycles. The van der Waals surface area contributed by atoms with Gasteiger partial charge in [0.1, 0.15) is 5.82 Å². The predicted molar refractivity (Wildman–Crippen MR) is 106 cm³/mol. The molecule has 0 saturated heterocycles. The van der Waals surface area contributed by atoms with Crippen molar-refractivity contribution in [1.82, 2.24) is 14.8 Å². The average Bonchev–Trinajstić information content (AvgIpc) is 3.25. The second kappa shape index (κ2) is 8.64. The Morgan fingerprint density at radius 1 is 1.28 bits per heavy atom. The van der Waals surface area contributed by atoms with Gasteiger partial charge in [0.2, 0.25) is 5.91 Å². The SMILES string of the molecule is CCn1c(Cc2cccs2)nnc1SCC(=O)Nc1ccc(Br)cc1. The van der Waals surface area contributed by atoms with Gasteiger partial charge in [-0.15, -0.1) is 21.5 Å². The van der Waals surface area contributed by atoms with Gasteiger partial charge in [-0.1, -0.05) is 33.8 Å². The number of nitrogens with zero attached hydrogens (tertiary/aromatic N) is 3. The normalized spacial score (nSPS) is 10.8. The molecule has 8 heteroatoms. The molecule has 130 valence electrons. The van der Waals surface area contributed by atoms with Crippen molar-refractivity contribution in [2.75, 3.05) is 11.1 Å². The Hall–Kier alpha value is -1.64. The van der Waals surface area contributed by atoms with Crippen molar-refractivity contribution in [2.45, 2.75) is 25.0 Å². The molecule has 3 aromatic rings. The number of nitrogens with one attached hydrogen (secondary N) is 1. The number of benzene rings is 1. The highest BCUT2D eigenvalue weighted by atomic mass is 79.9. The summed E-state index contributed by atoms with van der Waals surface area (Å²) in [6, 6.07) is 11.6. The van der Waals surface area contributed by atoms with Crippen LogP contribution in [0.15, 0.2) is 51.4 Å². The van der Waals surface area contributed by atoms with Crippen LogP contribution in [0, 0.1) is 0 Å². The summed E-state index contributed by atoms with van der Waals surface area (Å²) < 4.78 is 3.05. The van der Waals surface area contributed by atoms with E-state index in [2.05, 4.69) is 54.4 Å². The lowest BCUT2D eigenvalue weighted by Crippen LogP contribution is -2.14. The smallest absolute Gasteiger partial charge is 0.234 e. The summed E-state index contributed by atoms with van der Waals surface area (Å²) in [6.07, 6.45) is 0.768. The van der Waals surface area contributed by atoms with Gasteiger partial charge >= 0.3 is 0 Å². The molecule has 0 atom stereocenters. The van der Waals surface area contributed by atoms with Crippen LogP contribution in [0.4, 0.5) is 5.69 Å². The Balaban J connectivity index is 1.59. The van der Waals surface area contributed by atoms with Crippen molar-refractivity contribution in [3.8, 4) is 0 Å². The summed E-state index contributed by atoms with van der Waals surface area (Å²) in [6.45, 7) is 2.84. The molecule has 25 heavy (non-hydrogen) atoms. The van der Waals surface area contributed by atoms with E-state index in [1.165, 1.54) is 16.6 Å². The number of halogens is 1. The zero-order chi connectivity index (χ0) is 17.6. The predicted octanol–water partition coefficient (Wildman–Crippen LogP) is 4.44. The second-order valence-corrected chi connectivity index (χ2v) is 8.13. The van der Waals surface area contributed by atoms with Crippen molar-refractivity contribution in [1.29, 1.82) is 0 Å². The van der Waals surface area contributed by atoms with Crippen LogP contribution in [0.2, 0.25) is 0 Å². The topological polar surface area (TPSA) is 59.8 Å². The minimum atomic E-state index is -0.0576. The fraction of sp³-hybridized carbons (Fsp3) is 0.235. The first-order chi connectivity index (χ1) is 12.2. The highest BCUT2D eigenvalue weighted by Gasteiger charge is 2.14. The van der Waals surface area contributed by atoms with Crippen molar-refractivity contribution in [2.24, 2.45) is 0 Å². The monoisotopic (exact) mass is 436 g/mol. The number of anilines is 1. The van der Waals surface area contributed by atoms with Crippen LogP contribution in [0.3, 0.4) is 0 Å². The molecule has 0 aliphatic heterocycles. The third-order valence-corrected chi connectivity index (χ3v) is 5.85. The molecule has 2 heterocycles. The van der Waals surface area contributed by atoms with Crippen LogP contribution in [0.5, 0.6) is 0 Å². The van der Waals surface area contributed by atoms with Gasteiger partial charge in [-0.25, -0.2) is 0 Å². The van der Waals surface area contributed by atoms with Crippen molar-refractivity contribution < 1.29 is 4.79 Å². The number of carbonyl (C=O) groups excluding carboxylic acids is 1. The molecule has 1 aromatic carbocycles. The van der Waals surface area contributed by atoms with Crippen LogP contribution in [-0.4, -0.2) is 26.4 Å². The highest BCUT2D eigenvalue weighted by molar-refractivity contribution is 9.10. The number of carbonyl (C=O) groups is 1.